The van der Waals surface area contributed by atoms with Gasteiger partial charge >= 0.3 is 0 Å². The largest absolute Gasteiger partial charge is 0.496 e. The van der Waals surface area contributed by atoms with E-state index in [0.29, 0.717) is 0 Å². The summed E-state index contributed by atoms with van der Waals surface area (Å²) in [5.74, 6) is 7.22. The third-order valence-corrected chi connectivity index (χ3v) is 3.67. The highest BCUT2D eigenvalue weighted by Crippen LogP contribution is 2.41. The average Bonchev–Trinajstić information content (AvgIpc) is 2.91. The molecule has 0 bridgehead atoms. The molecule has 1 aromatic carbocycles. The Hall–Kier alpha value is -2.01. The number of pyridine rings is 1. The number of ether oxygens (including phenoxy) is 2. The van der Waals surface area contributed by atoms with Crippen molar-refractivity contribution in [2.45, 2.75) is 19.3 Å². The predicted octanol–water partition coefficient (Wildman–Crippen LogP) is 2.03. The molecule has 0 spiro atoms. The summed E-state index contributed by atoms with van der Waals surface area (Å²) >= 11 is 0. The molecular formula is C14H17N3O2. The third-order valence-electron chi connectivity index (χ3n) is 3.67. The van der Waals surface area contributed by atoms with Crippen LogP contribution in [0.15, 0.2) is 12.1 Å². The molecule has 3 rings (SSSR count). The van der Waals surface area contributed by atoms with Gasteiger partial charge in [0.15, 0.2) is 0 Å². The fourth-order valence-electron chi connectivity index (χ4n) is 2.81. The fourth-order valence-corrected chi connectivity index (χ4v) is 2.81. The van der Waals surface area contributed by atoms with Crippen molar-refractivity contribution in [3.63, 3.8) is 0 Å². The quantitative estimate of drug-likeness (QED) is 0.652. The van der Waals surface area contributed by atoms with Gasteiger partial charge in [0.2, 0.25) is 0 Å². The highest BCUT2D eigenvalue weighted by Gasteiger charge is 2.22. The summed E-state index contributed by atoms with van der Waals surface area (Å²) in [4.78, 5) is 4.74. The summed E-state index contributed by atoms with van der Waals surface area (Å²) < 4.78 is 10.8. The van der Waals surface area contributed by atoms with Gasteiger partial charge in [0.25, 0.3) is 0 Å². The molecule has 0 saturated carbocycles. The number of methoxy groups -OCH3 is 2. The molecule has 5 nitrogen and oxygen atoms in total. The molecule has 0 fully saturated rings. The van der Waals surface area contributed by atoms with Crippen molar-refractivity contribution in [1.82, 2.24) is 4.98 Å². The maximum absolute atomic E-state index is 5.73. The van der Waals surface area contributed by atoms with Crippen molar-refractivity contribution in [3.8, 4) is 11.5 Å². The smallest absolute Gasteiger partial charge is 0.145 e. The van der Waals surface area contributed by atoms with E-state index in [-0.39, 0.29) is 0 Å². The topological polar surface area (TPSA) is 69.4 Å². The Morgan fingerprint density at radius 1 is 1.16 bits per heavy atom. The third kappa shape index (κ3) is 1.69. The van der Waals surface area contributed by atoms with Crippen LogP contribution in [0.1, 0.15) is 17.7 Å². The molecule has 1 heterocycles. The highest BCUT2D eigenvalue weighted by molar-refractivity contribution is 6.01. The molecule has 19 heavy (non-hydrogen) atoms. The standard InChI is InChI=1S/C14H17N3O2/c1-18-10-6-7-11(19-2)14-12(10)13(17-15)8-4-3-5-9(8)16-14/h6-7H,3-5,15H2,1-2H3,(H,16,17). The average molecular weight is 259 g/mol. The molecule has 0 aliphatic heterocycles. The molecule has 0 radical (unpaired) electrons. The van der Waals surface area contributed by atoms with Crippen LogP contribution < -0.4 is 20.7 Å². The lowest BCUT2D eigenvalue weighted by atomic mass is 10.1. The Labute approximate surface area is 111 Å². The van der Waals surface area contributed by atoms with Gasteiger partial charge in [-0.05, 0) is 37.0 Å². The lowest BCUT2D eigenvalue weighted by Crippen LogP contribution is -2.11. The van der Waals surface area contributed by atoms with Gasteiger partial charge in [-0.1, -0.05) is 0 Å². The minimum Gasteiger partial charge on any atom is -0.496 e. The minimum absolute atomic E-state index is 0.738. The van der Waals surface area contributed by atoms with Crippen LogP contribution in [0.3, 0.4) is 0 Å². The molecule has 1 aliphatic carbocycles. The normalized spacial score (nSPS) is 13.4. The van der Waals surface area contributed by atoms with Gasteiger partial charge in [-0.3, -0.25) is 5.84 Å². The first-order chi connectivity index (χ1) is 9.30. The van der Waals surface area contributed by atoms with Crippen LogP contribution in [0.5, 0.6) is 11.5 Å². The Balaban J connectivity index is 2.44. The summed E-state index contributed by atoms with van der Waals surface area (Å²) in [6.45, 7) is 0. The van der Waals surface area contributed by atoms with E-state index in [9.17, 15) is 0 Å². The molecule has 0 unspecified atom stereocenters. The molecule has 0 amide bonds. The van der Waals surface area contributed by atoms with E-state index in [1.807, 2.05) is 12.1 Å². The first-order valence-electron chi connectivity index (χ1n) is 6.33. The van der Waals surface area contributed by atoms with E-state index in [1.54, 1.807) is 14.2 Å². The highest BCUT2D eigenvalue weighted by atomic mass is 16.5. The van der Waals surface area contributed by atoms with Gasteiger partial charge in [0, 0.05) is 5.69 Å². The van der Waals surface area contributed by atoms with Crippen molar-refractivity contribution in [2.75, 3.05) is 19.6 Å². The molecule has 3 N–H and O–H groups in total. The van der Waals surface area contributed by atoms with Crippen molar-refractivity contribution in [1.29, 1.82) is 0 Å². The van der Waals surface area contributed by atoms with E-state index >= 15 is 0 Å². The minimum atomic E-state index is 0.738. The van der Waals surface area contributed by atoms with E-state index < -0.39 is 0 Å². The molecule has 5 heteroatoms. The SMILES string of the molecule is COc1ccc(OC)c2c(NN)c3c(nc12)CCC3. The van der Waals surface area contributed by atoms with Crippen LogP contribution in [-0.4, -0.2) is 19.2 Å². The number of hydrazine groups is 1. The predicted molar refractivity (Wildman–Crippen MR) is 74.7 cm³/mol. The number of aromatic nitrogens is 1. The number of hydrogen-bond donors (Lipinski definition) is 2. The van der Waals surface area contributed by atoms with Crippen LogP contribution in [0.4, 0.5) is 5.69 Å². The molecule has 2 aromatic rings. The number of aryl methyl sites for hydroxylation is 1. The second kappa shape index (κ2) is 4.59. The maximum Gasteiger partial charge on any atom is 0.145 e. The summed E-state index contributed by atoms with van der Waals surface area (Å²) in [6.07, 6.45) is 3.09. The van der Waals surface area contributed by atoms with Crippen LogP contribution >= 0.6 is 0 Å². The zero-order valence-corrected chi connectivity index (χ0v) is 11.1. The maximum atomic E-state index is 5.73. The molecule has 0 atom stereocenters. The molecule has 0 saturated heterocycles. The van der Waals surface area contributed by atoms with Gasteiger partial charge in [-0.25, -0.2) is 4.98 Å². The van der Waals surface area contributed by atoms with Gasteiger partial charge in [-0.15, -0.1) is 0 Å². The summed E-state index contributed by atoms with van der Waals surface area (Å²) in [6, 6.07) is 3.75. The number of anilines is 1. The Kier molecular flexibility index (Phi) is 2.91. The summed E-state index contributed by atoms with van der Waals surface area (Å²) in [5, 5.41) is 0.894. The number of nitrogens with two attached hydrogens (primary N) is 1. The van der Waals surface area contributed by atoms with Crippen molar-refractivity contribution >= 4 is 16.6 Å². The van der Waals surface area contributed by atoms with Gasteiger partial charge in [0.1, 0.15) is 17.0 Å². The summed E-state index contributed by atoms with van der Waals surface area (Å²) in [7, 11) is 3.29. The first-order valence-corrected chi connectivity index (χ1v) is 6.33. The number of rotatable bonds is 3. The Morgan fingerprint density at radius 2 is 1.89 bits per heavy atom. The zero-order valence-electron chi connectivity index (χ0n) is 11.1. The van der Waals surface area contributed by atoms with Crippen molar-refractivity contribution in [3.05, 3.63) is 23.4 Å². The monoisotopic (exact) mass is 259 g/mol. The number of nitrogens with zero attached hydrogens (tertiary/aromatic N) is 1. The van der Waals surface area contributed by atoms with Gasteiger partial charge in [0.05, 0.1) is 25.3 Å². The van der Waals surface area contributed by atoms with Crippen molar-refractivity contribution in [2.24, 2.45) is 5.84 Å². The summed E-state index contributed by atoms with van der Waals surface area (Å²) in [5.41, 5.74) is 6.83. The number of nitrogens with one attached hydrogen (secondary N) is 1. The second-order valence-corrected chi connectivity index (χ2v) is 4.60. The van der Waals surface area contributed by atoms with Crippen LogP contribution in [-0.2, 0) is 12.8 Å². The lowest BCUT2D eigenvalue weighted by molar-refractivity contribution is 0.410. The lowest BCUT2D eigenvalue weighted by Gasteiger charge is -2.16. The van der Waals surface area contributed by atoms with Crippen LogP contribution in [0.25, 0.3) is 10.9 Å². The van der Waals surface area contributed by atoms with E-state index in [0.717, 1.165) is 53.0 Å². The second-order valence-electron chi connectivity index (χ2n) is 4.60. The number of benzene rings is 1. The molecule has 1 aliphatic rings. The number of hydrogen-bond acceptors (Lipinski definition) is 5. The van der Waals surface area contributed by atoms with Gasteiger partial charge in [-0.2, -0.15) is 0 Å². The van der Waals surface area contributed by atoms with E-state index in [1.165, 1.54) is 5.56 Å². The molecule has 100 valence electrons. The Morgan fingerprint density at radius 3 is 2.58 bits per heavy atom. The van der Waals surface area contributed by atoms with E-state index in [4.69, 9.17) is 20.3 Å². The Bertz CT molecular complexity index is 640. The first kappa shape index (κ1) is 12.0. The van der Waals surface area contributed by atoms with Gasteiger partial charge < -0.3 is 14.9 Å². The van der Waals surface area contributed by atoms with Crippen LogP contribution in [0, 0.1) is 0 Å². The van der Waals surface area contributed by atoms with Crippen LogP contribution in [0.2, 0.25) is 0 Å². The molecular weight excluding hydrogens is 242 g/mol. The number of fused-ring (bicyclic) bond motifs is 2. The van der Waals surface area contributed by atoms with Crippen molar-refractivity contribution < 1.29 is 9.47 Å². The zero-order chi connectivity index (χ0) is 13.4. The molecule has 1 aromatic heterocycles. The number of nitrogen functional groups attached to an aromatic ring is 1. The van der Waals surface area contributed by atoms with E-state index in [2.05, 4.69) is 5.43 Å². The fraction of sp³-hybridized carbons (Fsp3) is 0.357.